The molecule has 0 saturated carbocycles. The molecule has 1 aromatic heterocycles. The summed E-state index contributed by atoms with van der Waals surface area (Å²) in [6.45, 7) is 0.332. The number of hydrogen-bond acceptors (Lipinski definition) is 4. The molecule has 0 aliphatic heterocycles. The molecule has 0 unspecified atom stereocenters. The average Bonchev–Trinajstić information content (AvgIpc) is 2.33. The van der Waals surface area contributed by atoms with E-state index in [2.05, 4.69) is 14.9 Å². The van der Waals surface area contributed by atoms with Gasteiger partial charge in [0.15, 0.2) is 4.77 Å². The predicted octanol–water partition coefficient (Wildman–Crippen LogP) is -1.22. The van der Waals surface area contributed by atoms with Gasteiger partial charge in [0.25, 0.3) is 0 Å². The zero-order valence-corrected chi connectivity index (χ0v) is 9.04. The Morgan fingerprint density at radius 2 is 2.14 bits per heavy atom. The van der Waals surface area contributed by atoms with Crippen molar-refractivity contribution in [1.29, 1.82) is 0 Å². The van der Waals surface area contributed by atoms with Gasteiger partial charge in [0, 0.05) is 13.1 Å². The van der Waals surface area contributed by atoms with E-state index in [0.29, 0.717) is 0 Å². The third-order valence-corrected chi connectivity index (χ3v) is 2.52. The highest BCUT2D eigenvalue weighted by molar-refractivity contribution is 7.88. The van der Waals surface area contributed by atoms with E-state index in [1.807, 2.05) is 0 Å². The quantitative estimate of drug-likeness (QED) is 0.573. The van der Waals surface area contributed by atoms with E-state index in [0.717, 1.165) is 6.26 Å². The summed E-state index contributed by atoms with van der Waals surface area (Å²) in [6.07, 6.45) is 1.05. The summed E-state index contributed by atoms with van der Waals surface area (Å²) in [6, 6.07) is 0. The predicted molar refractivity (Wildman–Crippen MR) is 53.1 cm³/mol. The van der Waals surface area contributed by atoms with Crippen LogP contribution in [0.2, 0.25) is 0 Å². The first-order chi connectivity index (χ1) is 6.40. The Kier molecular flexibility index (Phi) is 3.24. The van der Waals surface area contributed by atoms with Crippen molar-refractivity contribution in [1.82, 2.24) is 19.5 Å². The summed E-state index contributed by atoms with van der Waals surface area (Å²) in [7, 11) is -3.22. The topological polar surface area (TPSA) is 99.8 Å². The fourth-order valence-corrected chi connectivity index (χ4v) is 1.57. The molecule has 1 heterocycles. The van der Waals surface area contributed by atoms with Crippen molar-refractivity contribution in [3.8, 4) is 0 Å². The van der Waals surface area contributed by atoms with Crippen LogP contribution < -0.4 is 10.4 Å². The summed E-state index contributed by atoms with van der Waals surface area (Å²) in [5, 5.41) is 4.73. The number of nitrogens with zero attached hydrogens (tertiary/aromatic N) is 1. The van der Waals surface area contributed by atoms with Crippen LogP contribution in [0.25, 0.3) is 0 Å². The van der Waals surface area contributed by atoms with Gasteiger partial charge in [-0.3, -0.25) is 9.67 Å². The van der Waals surface area contributed by atoms with Crippen molar-refractivity contribution in [2.45, 2.75) is 6.54 Å². The van der Waals surface area contributed by atoms with Gasteiger partial charge in [0.1, 0.15) is 0 Å². The summed E-state index contributed by atoms with van der Waals surface area (Å²) in [4.78, 5) is 11.0. The van der Waals surface area contributed by atoms with Gasteiger partial charge in [-0.25, -0.2) is 23.0 Å². The molecule has 1 aromatic rings. The number of aromatic amines is 2. The van der Waals surface area contributed by atoms with Crippen LogP contribution in [0.3, 0.4) is 0 Å². The van der Waals surface area contributed by atoms with Gasteiger partial charge in [0.05, 0.1) is 6.26 Å². The number of aromatic nitrogens is 3. The minimum absolute atomic E-state index is 0.133. The fraction of sp³-hybridized carbons (Fsp3) is 0.600. The second-order valence-electron chi connectivity index (χ2n) is 2.68. The van der Waals surface area contributed by atoms with Crippen LogP contribution in [-0.2, 0) is 16.6 Å². The molecular formula is C5H10N4O3S2. The van der Waals surface area contributed by atoms with Crippen LogP contribution in [-0.4, -0.2) is 36.0 Å². The Balaban J connectivity index is 2.64. The van der Waals surface area contributed by atoms with Gasteiger partial charge >= 0.3 is 5.69 Å². The van der Waals surface area contributed by atoms with Crippen LogP contribution in [0.4, 0.5) is 0 Å². The minimum Gasteiger partial charge on any atom is -0.272 e. The van der Waals surface area contributed by atoms with E-state index < -0.39 is 10.0 Å². The first-order valence-corrected chi connectivity index (χ1v) is 6.02. The normalized spacial score (nSPS) is 11.8. The van der Waals surface area contributed by atoms with Crippen molar-refractivity contribution in [2.75, 3.05) is 12.8 Å². The van der Waals surface area contributed by atoms with Crippen LogP contribution in [0, 0.1) is 4.77 Å². The zero-order chi connectivity index (χ0) is 10.8. The van der Waals surface area contributed by atoms with Gasteiger partial charge in [-0.05, 0) is 12.2 Å². The van der Waals surface area contributed by atoms with E-state index >= 15 is 0 Å². The lowest BCUT2D eigenvalue weighted by Gasteiger charge is -2.01. The summed E-state index contributed by atoms with van der Waals surface area (Å²) in [5.41, 5.74) is -0.384. The lowest BCUT2D eigenvalue weighted by molar-refractivity contribution is 0.575. The maximum absolute atomic E-state index is 11.0. The molecule has 0 atom stereocenters. The van der Waals surface area contributed by atoms with Crippen LogP contribution >= 0.6 is 12.2 Å². The molecule has 1 rings (SSSR count). The molecule has 0 aromatic carbocycles. The smallest absolute Gasteiger partial charge is 0.272 e. The van der Waals surface area contributed by atoms with Gasteiger partial charge in [-0.2, -0.15) is 0 Å². The average molecular weight is 238 g/mol. The van der Waals surface area contributed by atoms with Crippen molar-refractivity contribution in [3.63, 3.8) is 0 Å². The highest BCUT2D eigenvalue weighted by atomic mass is 32.2. The highest BCUT2D eigenvalue weighted by Crippen LogP contribution is 1.81. The van der Waals surface area contributed by atoms with Crippen LogP contribution in [0.1, 0.15) is 0 Å². The Bertz CT molecular complexity index is 480. The molecular weight excluding hydrogens is 228 g/mol. The number of hydrogen-bond donors (Lipinski definition) is 3. The Labute approximate surface area is 85.2 Å². The Morgan fingerprint density at radius 3 is 2.57 bits per heavy atom. The molecule has 0 aliphatic carbocycles. The molecule has 0 bridgehead atoms. The van der Waals surface area contributed by atoms with E-state index in [1.54, 1.807) is 0 Å². The highest BCUT2D eigenvalue weighted by Gasteiger charge is 2.02. The summed E-state index contributed by atoms with van der Waals surface area (Å²) in [5.74, 6) is 0. The fourth-order valence-electron chi connectivity index (χ4n) is 0.880. The molecule has 0 fully saturated rings. The lowest BCUT2D eigenvalue weighted by atomic mass is 10.6. The first kappa shape index (κ1) is 11.1. The second kappa shape index (κ2) is 4.07. The van der Waals surface area contributed by atoms with E-state index in [4.69, 9.17) is 12.2 Å². The molecule has 0 aliphatic rings. The molecule has 80 valence electrons. The van der Waals surface area contributed by atoms with Gasteiger partial charge in [-0.15, -0.1) is 0 Å². The summed E-state index contributed by atoms with van der Waals surface area (Å²) >= 11 is 4.78. The van der Waals surface area contributed by atoms with Crippen LogP contribution in [0.15, 0.2) is 4.79 Å². The second-order valence-corrected chi connectivity index (χ2v) is 4.90. The van der Waals surface area contributed by atoms with Crippen molar-refractivity contribution >= 4 is 22.2 Å². The monoisotopic (exact) mass is 238 g/mol. The molecule has 14 heavy (non-hydrogen) atoms. The first-order valence-electron chi connectivity index (χ1n) is 3.72. The molecule has 0 spiro atoms. The van der Waals surface area contributed by atoms with E-state index in [9.17, 15) is 13.2 Å². The summed E-state index contributed by atoms with van der Waals surface area (Å²) < 4.78 is 25.1. The maximum atomic E-state index is 11.0. The van der Waals surface area contributed by atoms with Gasteiger partial charge in [-0.1, -0.05) is 0 Å². The molecule has 7 nitrogen and oxygen atoms in total. The van der Waals surface area contributed by atoms with E-state index in [-0.39, 0.29) is 23.6 Å². The van der Waals surface area contributed by atoms with Crippen molar-refractivity contribution in [3.05, 3.63) is 15.3 Å². The number of rotatable bonds is 4. The lowest BCUT2D eigenvalue weighted by Crippen LogP contribution is -2.29. The number of nitrogens with one attached hydrogen (secondary N) is 3. The van der Waals surface area contributed by atoms with E-state index in [1.165, 1.54) is 4.57 Å². The SMILES string of the molecule is CS(=O)(=O)NCCn1c(=O)[nH][nH]c1=S. The van der Waals surface area contributed by atoms with Gasteiger partial charge in [0.2, 0.25) is 10.0 Å². The van der Waals surface area contributed by atoms with Crippen LogP contribution in [0.5, 0.6) is 0 Å². The Morgan fingerprint density at radius 1 is 1.50 bits per heavy atom. The molecule has 0 radical (unpaired) electrons. The van der Waals surface area contributed by atoms with Gasteiger partial charge < -0.3 is 0 Å². The third kappa shape index (κ3) is 3.09. The molecule has 0 amide bonds. The largest absolute Gasteiger partial charge is 0.342 e. The molecule has 3 N–H and O–H groups in total. The minimum atomic E-state index is -3.22. The third-order valence-electron chi connectivity index (χ3n) is 1.47. The molecule has 9 heteroatoms. The molecule has 0 saturated heterocycles. The standard InChI is InChI=1S/C5H10N4O3S2/c1-14(11,12)6-2-3-9-4(10)7-8-5(9)13/h6H,2-3H2,1H3,(H,7,10)(H,8,13). The Hall–Kier alpha value is -0.930. The number of sulfonamides is 1. The maximum Gasteiger partial charge on any atom is 0.342 e. The zero-order valence-electron chi connectivity index (χ0n) is 7.40. The van der Waals surface area contributed by atoms with Crippen molar-refractivity contribution in [2.24, 2.45) is 0 Å². The number of H-pyrrole nitrogens is 2. The van der Waals surface area contributed by atoms with Crippen molar-refractivity contribution < 1.29 is 8.42 Å².